The number of nitrogens with zero attached hydrogens (tertiary/aromatic N) is 6. The highest BCUT2D eigenvalue weighted by Gasteiger charge is 2.51. The van der Waals surface area contributed by atoms with E-state index in [1.165, 1.54) is 6.07 Å². The number of aromatic nitrogens is 7. The van der Waals surface area contributed by atoms with Crippen LogP contribution in [-0.4, -0.2) is 59.6 Å². The Balaban J connectivity index is 1.52. The molecule has 2 N–H and O–H groups in total. The minimum absolute atomic E-state index is 0.0704. The molecule has 0 aliphatic carbocycles. The molecule has 0 amide bonds. The number of hydrogen-bond acceptors (Lipinski definition) is 8. The predicted molar refractivity (Wildman–Crippen MR) is 108 cm³/mol. The zero-order valence-electron chi connectivity index (χ0n) is 17.6. The molecule has 36 heavy (non-hydrogen) atoms. The number of nitrogens with one attached hydrogen (secondary N) is 2. The van der Waals surface area contributed by atoms with E-state index in [4.69, 9.17) is 4.74 Å². The number of H-pyrrole nitrogens is 2. The van der Waals surface area contributed by atoms with Crippen molar-refractivity contribution in [1.29, 1.82) is 0 Å². The van der Waals surface area contributed by atoms with Crippen molar-refractivity contribution in [2.24, 2.45) is 0 Å². The molecule has 0 spiro atoms. The Hall–Kier alpha value is -4.44. The molecule has 1 saturated heterocycles. The van der Waals surface area contributed by atoms with Gasteiger partial charge in [0, 0.05) is 12.3 Å². The standard InChI is InChI=1S/C19H12F6N8O3/c20-13-4-26-15-10(1-9(31-33(13)15)8-3-27-17(35)30-16(8)34)32-5-12(18(21,22)6-32)36-14-2-11(19(23,24)25)28-7-29-14/h1-4,7,12H,5-6H2,(H2,27,30,34,35)/t12-/m0/s1. The van der Waals surface area contributed by atoms with Crippen LogP contribution in [0.25, 0.3) is 16.9 Å². The quantitative estimate of drug-likeness (QED) is 0.393. The predicted octanol–water partition coefficient (Wildman–Crippen LogP) is 1.62. The van der Waals surface area contributed by atoms with Gasteiger partial charge in [-0.25, -0.2) is 28.5 Å². The topological polar surface area (TPSA) is 134 Å². The highest BCUT2D eigenvalue weighted by molar-refractivity contribution is 5.74. The molecule has 1 aliphatic rings. The van der Waals surface area contributed by atoms with Crippen molar-refractivity contribution in [3.8, 4) is 17.1 Å². The average molecular weight is 514 g/mol. The van der Waals surface area contributed by atoms with Crippen molar-refractivity contribution >= 4 is 11.3 Å². The van der Waals surface area contributed by atoms with E-state index in [9.17, 15) is 35.9 Å². The molecule has 0 bridgehead atoms. The summed E-state index contributed by atoms with van der Waals surface area (Å²) in [4.78, 5) is 39.2. The summed E-state index contributed by atoms with van der Waals surface area (Å²) >= 11 is 0. The van der Waals surface area contributed by atoms with Gasteiger partial charge in [0.25, 0.3) is 5.56 Å². The molecular formula is C19H12F6N8O3. The third-order valence-corrected chi connectivity index (χ3v) is 5.30. The molecule has 17 heteroatoms. The van der Waals surface area contributed by atoms with E-state index in [0.29, 0.717) is 16.9 Å². The molecule has 0 saturated carbocycles. The summed E-state index contributed by atoms with van der Waals surface area (Å²) in [6.45, 7) is -1.54. The first-order chi connectivity index (χ1) is 16.9. The van der Waals surface area contributed by atoms with Gasteiger partial charge >= 0.3 is 17.8 Å². The van der Waals surface area contributed by atoms with Crippen molar-refractivity contribution < 1.29 is 31.1 Å². The fourth-order valence-corrected chi connectivity index (χ4v) is 3.66. The molecule has 1 fully saturated rings. The molecule has 4 aromatic heterocycles. The van der Waals surface area contributed by atoms with Crippen LogP contribution in [0.5, 0.6) is 5.88 Å². The van der Waals surface area contributed by atoms with Gasteiger partial charge in [0.05, 0.1) is 30.5 Å². The number of alkyl halides is 5. The van der Waals surface area contributed by atoms with Crippen LogP contribution < -0.4 is 20.9 Å². The van der Waals surface area contributed by atoms with Crippen LogP contribution in [0, 0.1) is 5.95 Å². The van der Waals surface area contributed by atoms with E-state index in [1.54, 1.807) is 0 Å². The van der Waals surface area contributed by atoms with Gasteiger partial charge in [-0.1, -0.05) is 0 Å². The monoisotopic (exact) mass is 514 g/mol. The van der Waals surface area contributed by atoms with Gasteiger partial charge in [0.15, 0.2) is 17.4 Å². The Bertz CT molecular complexity index is 1580. The Morgan fingerprint density at radius 1 is 1.14 bits per heavy atom. The SMILES string of the molecule is O=c1[nH]cc(-c2cc(N3C[C@H](Oc4cc(C(F)(F)F)ncn4)C(F)(F)C3)c3ncc(F)n3n2)c(=O)[nH]1. The molecule has 0 unspecified atom stereocenters. The number of halogens is 6. The molecule has 1 aliphatic heterocycles. The molecule has 0 aromatic carbocycles. The number of hydrogen-bond donors (Lipinski definition) is 2. The molecule has 4 aromatic rings. The summed E-state index contributed by atoms with van der Waals surface area (Å²) in [6.07, 6.45) is -4.44. The molecule has 5 rings (SSSR count). The third kappa shape index (κ3) is 4.11. The van der Waals surface area contributed by atoms with Crippen molar-refractivity contribution in [2.75, 3.05) is 18.0 Å². The maximum atomic E-state index is 14.9. The van der Waals surface area contributed by atoms with Crippen LogP contribution in [0.3, 0.4) is 0 Å². The van der Waals surface area contributed by atoms with Crippen LogP contribution in [0.1, 0.15) is 5.69 Å². The van der Waals surface area contributed by atoms with Crippen LogP contribution in [0.2, 0.25) is 0 Å². The van der Waals surface area contributed by atoms with E-state index < -0.39 is 60.1 Å². The van der Waals surface area contributed by atoms with Crippen LogP contribution >= 0.6 is 0 Å². The summed E-state index contributed by atoms with van der Waals surface area (Å²) in [5, 5.41) is 3.95. The lowest BCUT2D eigenvalue weighted by molar-refractivity contribution is -0.141. The molecule has 1 atom stereocenters. The number of rotatable bonds is 4. The Kier molecular flexibility index (Phi) is 5.22. The van der Waals surface area contributed by atoms with Gasteiger partial charge < -0.3 is 14.6 Å². The number of ether oxygens (including phenoxy) is 1. The van der Waals surface area contributed by atoms with Gasteiger partial charge in [0.1, 0.15) is 12.0 Å². The highest BCUT2D eigenvalue weighted by Crippen LogP contribution is 2.37. The van der Waals surface area contributed by atoms with Crippen molar-refractivity contribution in [2.45, 2.75) is 18.2 Å². The maximum absolute atomic E-state index is 14.9. The van der Waals surface area contributed by atoms with Gasteiger partial charge in [0.2, 0.25) is 11.8 Å². The minimum atomic E-state index is -4.84. The van der Waals surface area contributed by atoms with E-state index >= 15 is 0 Å². The Labute approximate surface area is 194 Å². The smallest absolute Gasteiger partial charge is 0.433 e. The first-order valence-electron chi connectivity index (χ1n) is 9.98. The molecular weight excluding hydrogens is 502 g/mol. The second-order valence-corrected chi connectivity index (χ2v) is 7.70. The van der Waals surface area contributed by atoms with Crippen molar-refractivity contribution in [3.63, 3.8) is 0 Å². The van der Waals surface area contributed by atoms with Gasteiger partial charge in [-0.15, -0.1) is 0 Å². The lowest BCUT2D eigenvalue weighted by Gasteiger charge is -2.19. The average Bonchev–Trinajstić information content (AvgIpc) is 3.32. The van der Waals surface area contributed by atoms with Crippen molar-refractivity contribution in [3.05, 3.63) is 63.3 Å². The fourth-order valence-electron chi connectivity index (χ4n) is 3.66. The number of anilines is 1. The Morgan fingerprint density at radius 2 is 1.92 bits per heavy atom. The normalized spacial score (nSPS) is 17.6. The Morgan fingerprint density at radius 3 is 2.64 bits per heavy atom. The van der Waals surface area contributed by atoms with Gasteiger partial charge in [-0.2, -0.15) is 27.2 Å². The molecule has 0 radical (unpaired) electrons. The third-order valence-electron chi connectivity index (χ3n) is 5.30. The van der Waals surface area contributed by atoms with E-state index in [2.05, 4.69) is 25.0 Å². The second kappa shape index (κ2) is 8.06. The number of aromatic amines is 2. The minimum Gasteiger partial charge on any atom is -0.466 e. The lowest BCUT2D eigenvalue weighted by atomic mass is 10.2. The zero-order chi connectivity index (χ0) is 25.8. The summed E-state index contributed by atoms with van der Waals surface area (Å²) in [5.41, 5.74) is -3.65. The van der Waals surface area contributed by atoms with Gasteiger partial charge in [-0.3, -0.25) is 9.78 Å². The number of imidazole rings is 1. The number of fused-ring (bicyclic) bond motifs is 1. The summed E-state index contributed by atoms with van der Waals surface area (Å²) in [5.74, 6) is -5.26. The molecule has 11 nitrogen and oxygen atoms in total. The largest absolute Gasteiger partial charge is 0.466 e. The first kappa shape index (κ1) is 23.3. The van der Waals surface area contributed by atoms with Crippen LogP contribution in [-0.2, 0) is 6.18 Å². The van der Waals surface area contributed by atoms with E-state index in [-0.39, 0.29) is 22.6 Å². The maximum Gasteiger partial charge on any atom is 0.433 e. The van der Waals surface area contributed by atoms with E-state index in [1.807, 2.05) is 4.98 Å². The second-order valence-electron chi connectivity index (χ2n) is 7.70. The summed E-state index contributed by atoms with van der Waals surface area (Å²) in [7, 11) is 0. The fraction of sp³-hybridized carbons (Fsp3) is 0.263. The van der Waals surface area contributed by atoms with Gasteiger partial charge in [-0.05, 0) is 6.07 Å². The summed E-state index contributed by atoms with van der Waals surface area (Å²) < 4.78 is 88.5. The zero-order valence-corrected chi connectivity index (χ0v) is 17.6. The molecule has 188 valence electrons. The van der Waals surface area contributed by atoms with Crippen LogP contribution in [0.15, 0.2) is 40.4 Å². The molecule has 5 heterocycles. The highest BCUT2D eigenvalue weighted by atomic mass is 19.4. The van der Waals surface area contributed by atoms with E-state index in [0.717, 1.165) is 17.3 Å². The van der Waals surface area contributed by atoms with Crippen molar-refractivity contribution in [1.82, 2.24) is 34.5 Å². The van der Waals surface area contributed by atoms with Crippen LogP contribution in [0.4, 0.5) is 32.0 Å². The first-order valence-corrected chi connectivity index (χ1v) is 9.98. The lowest BCUT2D eigenvalue weighted by Crippen LogP contribution is -2.36. The summed E-state index contributed by atoms with van der Waals surface area (Å²) in [6, 6.07) is 1.59.